The van der Waals surface area contributed by atoms with Crippen molar-refractivity contribution in [3.63, 3.8) is 0 Å². The van der Waals surface area contributed by atoms with Gasteiger partial charge in [0.15, 0.2) is 0 Å². The number of unbranched alkanes of at least 4 members (excludes halogenated alkanes) is 3. The number of carbonyl (C=O) groups is 3. The predicted molar refractivity (Wildman–Crippen MR) is 133 cm³/mol. The quantitative estimate of drug-likeness (QED) is 0.236. The summed E-state index contributed by atoms with van der Waals surface area (Å²) in [5, 5.41) is 19.0. The standard InChI is InChI=1S/C26H33BrN2O6/c1-2-12-28(16-17-10-6-5-7-11-17)24(32)22-26-15-18(27)21(35-26)19(25(33)34)20(26)23(31)29(22)13-8-3-4-9-14-30/h2,5-7,10-11,18-22,30H,1,3-4,8-9,12-16H2,(H,33,34)/t18?,19-,20-,21-,22?,26?/m0/s1. The largest absolute Gasteiger partial charge is 0.481 e. The summed E-state index contributed by atoms with van der Waals surface area (Å²) < 4.78 is 6.33. The zero-order valence-electron chi connectivity index (χ0n) is 19.7. The number of aliphatic hydroxyl groups is 1. The molecule has 3 saturated heterocycles. The van der Waals surface area contributed by atoms with Crippen LogP contribution in [0, 0.1) is 11.8 Å². The number of benzene rings is 1. The number of likely N-dealkylation sites (tertiary alicyclic amines) is 1. The molecule has 3 aliphatic heterocycles. The summed E-state index contributed by atoms with van der Waals surface area (Å²) in [6.45, 7) is 4.93. The third-order valence-corrected chi connectivity index (χ3v) is 8.34. The fourth-order valence-corrected chi connectivity index (χ4v) is 6.99. The Bertz CT molecular complexity index is 958. The number of hydrogen-bond acceptors (Lipinski definition) is 5. The topological polar surface area (TPSA) is 107 Å². The van der Waals surface area contributed by atoms with Crippen molar-refractivity contribution in [1.82, 2.24) is 9.80 Å². The lowest BCUT2D eigenvalue weighted by Gasteiger charge is -2.37. The highest BCUT2D eigenvalue weighted by molar-refractivity contribution is 9.09. The van der Waals surface area contributed by atoms with Gasteiger partial charge in [0.1, 0.15) is 11.6 Å². The van der Waals surface area contributed by atoms with Crippen LogP contribution >= 0.6 is 15.9 Å². The van der Waals surface area contributed by atoms with E-state index in [1.54, 1.807) is 15.9 Å². The fourth-order valence-electron chi connectivity index (χ4n) is 6.04. The van der Waals surface area contributed by atoms with E-state index in [1.807, 2.05) is 30.3 Å². The lowest BCUT2D eigenvalue weighted by molar-refractivity contribution is -0.151. The van der Waals surface area contributed by atoms with Crippen LogP contribution in [-0.2, 0) is 25.7 Å². The van der Waals surface area contributed by atoms with Gasteiger partial charge in [0, 0.05) is 31.1 Å². The van der Waals surface area contributed by atoms with Crippen LogP contribution in [0.15, 0.2) is 43.0 Å². The number of carboxylic acids is 1. The third-order valence-electron chi connectivity index (χ3n) is 7.49. The lowest BCUT2D eigenvalue weighted by Crippen LogP contribution is -2.56. The highest BCUT2D eigenvalue weighted by Crippen LogP contribution is 2.60. The average molecular weight is 549 g/mol. The summed E-state index contributed by atoms with van der Waals surface area (Å²) >= 11 is 3.57. The molecule has 4 rings (SSSR count). The summed E-state index contributed by atoms with van der Waals surface area (Å²) in [6.07, 6.45) is 4.39. The summed E-state index contributed by atoms with van der Waals surface area (Å²) in [5.74, 6) is -3.49. The highest BCUT2D eigenvalue weighted by Gasteiger charge is 2.76. The van der Waals surface area contributed by atoms with E-state index in [-0.39, 0.29) is 23.2 Å². The molecule has 1 aromatic rings. The van der Waals surface area contributed by atoms with Crippen molar-refractivity contribution in [2.45, 2.75) is 61.2 Å². The molecular weight excluding hydrogens is 516 g/mol. The molecule has 3 aliphatic rings. The Morgan fingerprint density at radius 2 is 1.94 bits per heavy atom. The van der Waals surface area contributed by atoms with Crippen LogP contribution in [0.4, 0.5) is 0 Å². The molecule has 0 aromatic heterocycles. The number of carbonyl (C=O) groups excluding carboxylic acids is 2. The van der Waals surface area contributed by atoms with Crippen LogP contribution in [0.25, 0.3) is 0 Å². The summed E-state index contributed by atoms with van der Waals surface area (Å²) in [5.41, 5.74) is -0.216. The molecule has 0 saturated carbocycles. The molecule has 2 bridgehead atoms. The molecule has 0 radical (unpaired) electrons. The molecule has 35 heavy (non-hydrogen) atoms. The van der Waals surface area contributed by atoms with E-state index in [4.69, 9.17) is 9.84 Å². The maximum atomic E-state index is 14.1. The predicted octanol–water partition coefficient (Wildman–Crippen LogP) is 2.59. The number of nitrogens with zero attached hydrogens (tertiary/aromatic N) is 2. The van der Waals surface area contributed by atoms with E-state index in [1.165, 1.54) is 0 Å². The van der Waals surface area contributed by atoms with Gasteiger partial charge in [0.2, 0.25) is 11.8 Å². The zero-order chi connectivity index (χ0) is 25.2. The van der Waals surface area contributed by atoms with Gasteiger partial charge in [-0.2, -0.15) is 0 Å². The first-order valence-corrected chi connectivity index (χ1v) is 13.2. The second kappa shape index (κ2) is 10.8. The summed E-state index contributed by atoms with van der Waals surface area (Å²) in [6, 6.07) is 8.72. The molecule has 2 N–H and O–H groups in total. The number of amides is 2. The van der Waals surface area contributed by atoms with Gasteiger partial charge in [0.05, 0.1) is 17.9 Å². The van der Waals surface area contributed by atoms with E-state index in [0.29, 0.717) is 38.9 Å². The molecule has 2 amide bonds. The van der Waals surface area contributed by atoms with Crippen molar-refractivity contribution >= 4 is 33.7 Å². The second-order valence-electron chi connectivity index (χ2n) is 9.66. The van der Waals surface area contributed by atoms with E-state index in [9.17, 15) is 19.5 Å². The van der Waals surface area contributed by atoms with Crippen LogP contribution in [-0.4, -0.2) is 80.1 Å². The van der Waals surface area contributed by atoms with Gasteiger partial charge in [-0.1, -0.05) is 65.2 Å². The Balaban J connectivity index is 1.67. The SMILES string of the molecule is C=CCN(Cc1ccccc1)C(=O)C1N(CCCCCCO)C(=O)[C@@H]2[C@H](C(=O)O)[C@H]3OC12CC3Br. The van der Waals surface area contributed by atoms with Crippen LogP contribution in [0.3, 0.4) is 0 Å². The Morgan fingerprint density at radius 1 is 1.23 bits per heavy atom. The molecule has 8 nitrogen and oxygen atoms in total. The van der Waals surface area contributed by atoms with Crippen LogP contribution in [0.2, 0.25) is 0 Å². The number of hydrogen-bond donors (Lipinski definition) is 2. The zero-order valence-corrected chi connectivity index (χ0v) is 21.3. The van der Waals surface area contributed by atoms with Gasteiger partial charge in [-0.3, -0.25) is 14.4 Å². The summed E-state index contributed by atoms with van der Waals surface area (Å²) in [4.78, 5) is 43.1. The molecule has 6 atom stereocenters. The first-order valence-electron chi connectivity index (χ1n) is 12.3. The van der Waals surface area contributed by atoms with E-state index >= 15 is 0 Å². The minimum atomic E-state index is -1.17. The van der Waals surface area contributed by atoms with Crippen LogP contribution in [0.5, 0.6) is 0 Å². The minimum absolute atomic E-state index is 0.118. The van der Waals surface area contributed by atoms with Crippen molar-refractivity contribution in [2.75, 3.05) is 19.7 Å². The van der Waals surface area contributed by atoms with Crippen molar-refractivity contribution in [3.8, 4) is 0 Å². The van der Waals surface area contributed by atoms with Crippen molar-refractivity contribution in [3.05, 3.63) is 48.6 Å². The van der Waals surface area contributed by atoms with Crippen molar-refractivity contribution < 1.29 is 29.3 Å². The lowest BCUT2D eigenvalue weighted by atomic mass is 9.70. The van der Waals surface area contributed by atoms with Gasteiger partial charge in [-0.05, 0) is 24.8 Å². The number of fused-ring (bicyclic) bond motifs is 1. The summed E-state index contributed by atoms with van der Waals surface area (Å²) in [7, 11) is 0. The van der Waals surface area contributed by atoms with Gasteiger partial charge in [-0.15, -0.1) is 6.58 Å². The Kier molecular flexibility index (Phi) is 7.98. The van der Waals surface area contributed by atoms with E-state index < -0.39 is 35.6 Å². The molecule has 3 unspecified atom stereocenters. The van der Waals surface area contributed by atoms with Crippen molar-refractivity contribution in [1.29, 1.82) is 0 Å². The first-order chi connectivity index (χ1) is 16.9. The van der Waals surface area contributed by atoms with E-state index in [0.717, 1.165) is 18.4 Å². The fraction of sp³-hybridized carbons (Fsp3) is 0.577. The molecule has 3 fully saturated rings. The molecule has 1 spiro atoms. The number of ether oxygens (including phenoxy) is 1. The maximum absolute atomic E-state index is 14.1. The van der Waals surface area contributed by atoms with Gasteiger partial charge < -0.3 is 24.7 Å². The molecule has 1 aromatic carbocycles. The second-order valence-corrected chi connectivity index (χ2v) is 10.8. The monoisotopic (exact) mass is 548 g/mol. The number of alkyl halides is 1. The number of aliphatic hydroxyl groups excluding tert-OH is 1. The smallest absolute Gasteiger partial charge is 0.310 e. The number of carboxylic acid groups (broad SMARTS) is 1. The molecular formula is C26H33BrN2O6. The third kappa shape index (κ3) is 4.66. The highest BCUT2D eigenvalue weighted by atomic mass is 79.9. The molecule has 9 heteroatoms. The Labute approximate surface area is 214 Å². The van der Waals surface area contributed by atoms with Crippen LogP contribution < -0.4 is 0 Å². The van der Waals surface area contributed by atoms with Crippen LogP contribution in [0.1, 0.15) is 37.7 Å². The van der Waals surface area contributed by atoms with Gasteiger partial charge >= 0.3 is 5.97 Å². The molecule has 190 valence electrons. The number of halogens is 1. The Hall–Kier alpha value is -2.23. The number of aliphatic carboxylic acids is 1. The minimum Gasteiger partial charge on any atom is -0.481 e. The number of rotatable bonds is 12. The van der Waals surface area contributed by atoms with Gasteiger partial charge in [0.25, 0.3) is 0 Å². The van der Waals surface area contributed by atoms with E-state index in [2.05, 4.69) is 22.5 Å². The van der Waals surface area contributed by atoms with Gasteiger partial charge in [-0.25, -0.2) is 0 Å². The first kappa shape index (κ1) is 25.9. The average Bonchev–Trinajstić information content (AvgIpc) is 3.42. The van der Waals surface area contributed by atoms with Crippen molar-refractivity contribution in [2.24, 2.45) is 11.8 Å². The molecule has 0 aliphatic carbocycles. The molecule has 3 heterocycles. The Morgan fingerprint density at radius 3 is 2.60 bits per heavy atom. The maximum Gasteiger partial charge on any atom is 0.310 e. The normalized spacial score (nSPS) is 31.0.